The van der Waals surface area contributed by atoms with Crippen LogP contribution in [0.25, 0.3) is 5.52 Å². The summed E-state index contributed by atoms with van der Waals surface area (Å²) in [7, 11) is 0. The number of fused-ring (bicyclic) bond motifs is 1. The lowest BCUT2D eigenvalue weighted by Crippen LogP contribution is -2.22. The van der Waals surface area contributed by atoms with E-state index in [9.17, 15) is 9.18 Å². The molecule has 0 saturated carbocycles. The number of halogens is 2. The topological polar surface area (TPSA) is 33.5 Å². The number of carbonyl (C=O) groups is 1. The number of hydrogen-bond acceptors (Lipinski definition) is 1. The van der Waals surface area contributed by atoms with E-state index >= 15 is 0 Å². The number of hydrogen-bond donors (Lipinski definition) is 1. The molecule has 0 aliphatic carbocycles. The zero-order chi connectivity index (χ0) is 14.8. The third kappa shape index (κ3) is 2.90. The minimum atomic E-state index is -0.395. The molecule has 0 unspecified atom stereocenters. The van der Waals surface area contributed by atoms with Gasteiger partial charge in [-0.1, -0.05) is 23.7 Å². The molecule has 0 aliphatic rings. The van der Waals surface area contributed by atoms with Crippen molar-refractivity contribution >= 4 is 23.0 Å². The molecule has 3 nitrogen and oxygen atoms in total. The van der Waals surface area contributed by atoms with E-state index in [1.165, 1.54) is 12.1 Å². The summed E-state index contributed by atoms with van der Waals surface area (Å²) in [6, 6.07) is 11.7. The average Bonchev–Trinajstić information content (AvgIpc) is 2.90. The Hall–Kier alpha value is -2.33. The molecule has 1 aromatic carbocycles. The van der Waals surface area contributed by atoms with E-state index in [4.69, 9.17) is 11.6 Å². The molecule has 0 aliphatic heterocycles. The van der Waals surface area contributed by atoms with Crippen molar-refractivity contribution in [1.29, 1.82) is 0 Å². The van der Waals surface area contributed by atoms with Crippen LogP contribution in [0.15, 0.2) is 54.9 Å². The summed E-state index contributed by atoms with van der Waals surface area (Å²) in [5.74, 6) is -0.590. The normalized spacial score (nSPS) is 10.8. The van der Waals surface area contributed by atoms with Gasteiger partial charge in [0, 0.05) is 29.5 Å². The van der Waals surface area contributed by atoms with Crippen LogP contribution < -0.4 is 5.32 Å². The number of benzene rings is 1. The lowest BCUT2D eigenvalue weighted by Gasteiger charge is -2.06. The van der Waals surface area contributed by atoms with Gasteiger partial charge in [-0.3, -0.25) is 4.79 Å². The third-order valence-corrected chi connectivity index (χ3v) is 3.57. The number of nitrogens with one attached hydrogen (secondary N) is 1. The quantitative estimate of drug-likeness (QED) is 0.787. The minimum absolute atomic E-state index is 0.195. The van der Waals surface area contributed by atoms with Crippen LogP contribution in [0.2, 0.25) is 5.02 Å². The van der Waals surface area contributed by atoms with Gasteiger partial charge >= 0.3 is 0 Å². The predicted octanol–water partition coefficient (Wildman–Crippen LogP) is 3.66. The lowest BCUT2D eigenvalue weighted by atomic mass is 10.2. The number of aromatic nitrogens is 1. The number of rotatable bonds is 3. The van der Waals surface area contributed by atoms with Gasteiger partial charge < -0.3 is 9.72 Å². The Morgan fingerprint density at radius 1 is 1.24 bits per heavy atom. The highest BCUT2D eigenvalue weighted by atomic mass is 35.5. The van der Waals surface area contributed by atoms with Gasteiger partial charge in [-0.15, -0.1) is 0 Å². The molecule has 0 bridgehead atoms. The maximum atomic E-state index is 13.0. The van der Waals surface area contributed by atoms with E-state index < -0.39 is 5.82 Å². The predicted molar refractivity (Wildman–Crippen MR) is 80.0 cm³/mol. The molecule has 0 saturated heterocycles. The Kier molecular flexibility index (Phi) is 3.62. The smallest absolute Gasteiger partial charge is 0.253 e. The van der Waals surface area contributed by atoms with E-state index in [1.807, 2.05) is 34.9 Å². The van der Waals surface area contributed by atoms with E-state index in [0.29, 0.717) is 16.1 Å². The first kappa shape index (κ1) is 13.6. The second kappa shape index (κ2) is 5.58. The van der Waals surface area contributed by atoms with Crippen molar-refractivity contribution in [3.63, 3.8) is 0 Å². The van der Waals surface area contributed by atoms with Gasteiger partial charge in [0.25, 0.3) is 5.91 Å². The third-order valence-electron chi connectivity index (χ3n) is 3.22. The minimum Gasteiger partial charge on any atom is -0.348 e. The van der Waals surface area contributed by atoms with E-state index in [1.54, 1.807) is 12.3 Å². The molecular weight excluding hydrogens is 291 g/mol. The zero-order valence-electron chi connectivity index (χ0n) is 11.0. The van der Waals surface area contributed by atoms with Crippen molar-refractivity contribution in [3.05, 3.63) is 76.8 Å². The van der Waals surface area contributed by atoms with Gasteiger partial charge in [-0.05, 0) is 35.9 Å². The molecule has 0 radical (unpaired) electrons. The molecule has 21 heavy (non-hydrogen) atoms. The molecule has 1 amide bonds. The van der Waals surface area contributed by atoms with Gasteiger partial charge in [0.1, 0.15) is 5.82 Å². The van der Waals surface area contributed by atoms with Crippen molar-refractivity contribution in [1.82, 2.24) is 9.72 Å². The maximum Gasteiger partial charge on any atom is 0.253 e. The number of nitrogens with zero attached hydrogens (tertiary/aromatic N) is 1. The molecule has 0 spiro atoms. The van der Waals surface area contributed by atoms with E-state index in [-0.39, 0.29) is 12.5 Å². The lowest BCUT2D eigenvalue weighted by molar-refractivity contribution is 0.0951. The SMILES string of the molecule is O=C(NCc1ccc(F)cc1Cl)c1cc2ccccn2c1. The summed E-state index contributed by atoms with van der Waals surface area (Å²) < 4.78 is 14.8. The summed E-state index contributed by atoms with van der Waals surface area (Å²) in [4.78, 5) is 12.1. The van der Waals surface area contributed by atoms with Gasteiger partial charge in [0.15, 0.2) is 0 Å². The first-order valence-electron chi connectivity index (χ1n) is 6.42. The van der Waals surface area contributed by atoms with Crippen LogP contribution in [0.1, 0.15) is 15.9 Å². The molecule has 106 valence electrons. The molecule has 0 fully saturated rings. The van der Waals surface area contributed by atoms with Gasteiger partial charge in [0.05, 0.1) is 5.56 Å². The van der Waals surface area contributed by atoms with Crippen LogP contribution in [0.4, 0.5) is 4.39 Å². The van der Waals surface area contributed by atoms with Crippen molar-refractivity contribution in [3.8, 4) is 0 Å². The Morgan fingerprint density at radius 2 is 2.10 bits per heavy atom. The van der Waals surface area contributed by atoms with Crippen LogP contribution in [0, 0.1) is 5.82 Å². The van der Waals surface area contributed by atoms with Crippen LogP contribution >= 0.6 is 11.6 Å². The molecule has 1 N–H and O–H groups in total. The number of amides is 1. The van der Waals surface area contributed by atoms with Crippen LogP contribution in [0.3, 0.4) is 0 Å². The molecule has 0 atom stereocenters. The Labute approximate surface area is 126 Å². The van der Waals surface area contributed by atoms with E-state index in [0.717, 1.165) is 5.52 Å². The number of carbonyl (C=O) groups excluding carboxylic acids is 1. The van der Waals surface area contributed by atoms with Crippen LogP contribution in [0.5, 0.6) is 0 Å². The van der Waals surface area contributed by atoms with Crippen molar-refractivity contribution in [2.45, 2.75) is 6.54 Å². The first-order chi connectivity index (χ1) is 10.1. The first-order valence-corrected chi connectivity index (χ1v) is 6.80. The molecule has 5 heteroatoms. The molecule has 2 heterocycles. The maximum absolute atomic E-state index is 13.0. The highest BCUT2D eigenvalue weighted by molar-refractivity contribution is 6.31. The fourth-order valence-corrected chi connectivity index (χ4v) is 2.36. The highest BCUT2D eigenvalue weighted by Crippen LogP contribution is 2.17. The highest BCUT2D eigenvalue weighted by Gasteiger charge is 2.09. The summed E-state index contributed by atoms with van der Waals surface area (Å²) >= 11 is 5.93. The van der Waals surface area contributed by atoms with Crippen molar-refractivity contribution < 1.29 is 9.18 Å². The van der Waals surface area contributed by atoms with Gasteiger partial charge in [0.2, 0.25) is 0 Å². The fourth-order valence-electron chi connectivity index (χ4n) is 2.12. The molecule has 3 aromatic rings. The summed E-state index contributed by atoms with van der Waals surface area (Å²) in [6.45, 7) is 0.254. The van der Waals surface area contributed by atoms with E-state index in [2.05, 4.69) is 5.32 Å². The largest absolute Gasteiger partial charge is 0.348 e. The van der Waals surface area contributed by atoms with Crippen LogP contribution in [-0.4, -0.2) is 10.3 Å². The second-order valence-electron chi connectivity index (χ2n) is 4.68. The van der Waals surface area contributed by atoms with Crippen molar-refractivity contribution in [2.24, 2.45) is 0 Å². The zero-order valence-corrected chi connectivity index (χ0v) is 11.8. The molecular formula is C16H12ClFN2O. The molecule has 3 rings (SSSR count). The average molecular weight is 303 g/mol. The monoisotopic (exact) mass is 302 g/mol. The van der Waals surface area contributed by atoms with Gasteiger partial charge in [-0.25, -0.2) is 4.39 Å². The summed E-state index contributed by atoms with van der Waals surface area (Å²) in [5.41, 5.74) is 2.19. The van der Waals surface area contributed by atoms with Crippen LogP contribution in [-0.2, 0) is 6.54 Å². The van der Waals surface area contributed by atoms with Gasteiger partial charge in [-0.2, -0.15) is 0 Å². The second-order valence-corrected chi connectivity index (χ2v) is 5.09. The molecule has 2 aromatic heterocycles. The fraction of sp³-hybridized carbons (Fsp3) is 0.0625. The number of pyridine rings is 1. The summed E-state index contributed by atoms with van der Waals surface area (Å²) in [6.07, 6.45) is 3.64. The summed E-state index contributed by atoms with van der Waals surface area (Å²) in [5, 5.41) is 3.08. The standard InChI is InChI=1S/C16H12ClFN2O/c17-15-8-13(18)5-4-11(15)9-19-16(21)12-7-14-3-1-2-6-20(14)10-12/h1-8,10H,9H2,(H,19,21). The Bertz CT molecular complexity index is 780. The Morgan fingerprint density at radius 3 is 2.86 bits per heavy atom. The Balaban J connectivity index is 1.74. The van der Waals surface area contributed by atoms with Crippen molar-refractivity contribution in [2.75, 3.05) is 0 Å².